The Labute approximate surface area is 299 Å². The second-order valence-corrected chi connectivity index (χ2v) is 14.0. The molecular weight excluding hydrogens is 665 g/mol. The van der Waals surface area contributed by atoms with Gasteiger partial charge in [-0.3, -0.25) is 9.69 Å². The Bertz CT molecular complexity index is 1930. The Morgan fingerprint density at radius 2 is 1.12 bits per heavy atom. The molecular formula is C41H34N2O5S2. The van der Waals surface area contributed by atoms with E-state index in [1.165, 1.54) is 28.4 Å². The van der Waals surface area contributed by atoms with Gasteiger partial charge in [-0.15, -0.1) is 23.5 Å². The highest BCUT2D eigenvalue weighted by Crippen LogP contribution is 2.42. The molecule has 5 aromatic rings. The van der Waals surface area contributed by atoms with E-state index >= 15 is 0 Å². The van der Waals surface area contributed by atoms with Crippen LogP contribution in [-0.4, -0.2) is 45.7 Å². The summed E-state index contributed by atoms with van der Waals surface area (Å²) in [6, 6.07) is 44.9. The quantitative estimate of drug-likeness (QED) is 0.0858. The lowest BCUT2D eigenvalue weighted by Gasteiger charge is -2.48. The van der Waals surface area contributed by atoms with Crippen LogP contribution in [0.2, 0.25) is 0 Å². The van der Waals surface area contributed by atoms with Gasteiger partial charge in [0.1, 0.15) is 17.1 Å². The molecule has 0 aromatic heterocycles. The van der Waals surface area contributed by atoms with Gasteiger partial charge < -0.3 is 15.2 Å². The van der Waals surface area contributed by atoms with Crippen molar-refractivity contribution in [2.45, 2.75) is 28.5 Å². The number of rotatable bonds is 11. The lowest BCUT2D eigenvalue weighted by Crippen LogP contribution is -2.68. The molecule has 0 spiro atoms. The molecule has 7 nitrogen and oxygen atoms in total. The van der Waals surface area contributed by atoms with Crippen molar-refractivity contribution in [3.8, 4) is 0 Å². The topological polar surface area (TPSA) is 98.9 Å². The van der Waals surface area contributed by atoms with E-state index in [2.05, 4.69) is 0 Å². The summed E-state index contributed by atoms with van der Waals surface area (Å²) in [5.41, 5.74) is 10.9. The van der Waals surface area contributed by atoms with Crippen molar-refractivity contribution in [3.63, 3.8) is 0 Å². The first-order valence-corrected chi connectivity index (χ1v) is 18.3. The molecule has 2 heterocycles. The normalized spacial score (nSPS) is 16.9. The highest BCUT2D eigenvalue weighted by molar-refractivity contribution is 8.01. The van der Waals surface area contributed by atoms with Gasteiger partial charge in [0.2, 0.25) is 5.91 Å². The molecule has 0 radical (unpaired) electrons. The molecule has 2 aliphatic rings. The highest BCUT2D eigenvalue weighted by Gasteiger charge is 2.52. The molecule has 0 bridgehead atoms. The van der Waals surface area contributed by atoms with Gasteiger partial charge >= 0.3 is 11.9 Å². The maximum absolute atomic E-state index is 14.2. The number of β-lactam (4-membered cyclic amide) rings is 1. The van der Waals surface area contributed by atoms with Gasteiger partial charge in [0.15, 0.2) is 12.2 Å². The van der Waals surface area contributed by atoms with Crippen LogP contribution in [0.3, 0.4) is 0 Å². The van der Waals surface area contributed by atoms with Gasteiger partial charge in [-0.2, -0.15) is 0 Å². The average molecular weight is 699 g/mol. The van der Waals surface area contributed by atoms with Crippen molar-refractivity contribution in [1.82, 2.24) is 4.90 Å². The van der Waals surface area contributed by atoms with Crippen molar-refractivity contribution in [2.24, 2.45) is 5.73 Å². The van der Waals surface area contributed by atoms with Crippen LogP contribution in [0.4, 0.5) is 0 Å². The summed E-state index contributed by atoms with van der Waals surface area (Å²) >= 11 is 2.94. The molecule has 2 N–H and O–H groups in total. The molecule has 1 unspecified atom stereocenters. The zero-order valence-corrected chi connectivity index (χ0v) is 28.6. The van der Waals surface area contributed by atoms with Crippen molar-refractivity contribution in [3.05, 3.63) is 185 Å². The van der Waals surface area contributed by atoms with Gasteiger partial charge in [0.25, 0.3) is 0 Å². The minimum atomic E-state index is -0.686. The maximum atomic E-state index is 14.2. The number of carbonyl (C=O) groups is 3. The second kappa shape index (κ2) is 15.2. The monoisotopic (exact) mass is 698 g/mol. The van der Waals surface area contributed by atoms with E-state index < -0.39 is 30.2 Å². The number of nitrogens with zero attached hydrogens (tertiary/aromatic N) is 1. The molecule has 1 amide bonds. The van der Waals surface area contributed by atoms with E-state index in [1.807, 2.05) is 133 Å². The molecule has 0 saturated carbocycles. The predicted molar refractivity (Wildman–Crippen MR) is 196 cm³/mol. The first-order valence-electron chi connectivity index (χ1n) is 16.3. The minimum Gasteiger partial charge on any atom is -0.449 e. The molecule has 50 heavy (non-hydrogen) atoms. The molecule has 1 saturated heterocycles. The van der Waals surface area contributed by atoms with Crippen LogP contribution in [0.25, 0.3) is 0 Å². The molecule has 0 aliphatic carbocycles. The fourth-order valence-electron chi connectivity index (χ4n) is 6.11. The summed E-state index contributed by atoms with van der Waals surface area (Å²) in [6.45, 7) is 0. The third-order valence-corrected chi connectivity index (χ3v) is 11.2. The van der Waals surface area contributed by atoms with E-state index in [4.69, 9.17) is 15.2 Å². The van der Waals surface area contributed by atoms with Gasteiger partial charge in [-0.1, -0.05) is 133 Å². The molecule has 250 valence electrons. The van der Waals surface area contributed by atoms with Crippen molar-refractivity contribution in [1.29, 1.82) is 0 Å². The first-order chi connectivity index (χ1) is 24.5. The fraction of sp³-hybridized carbons (Fsp3) is 0.146. The summed E-state index contributed by atoms with van der Waals surface area (Å²) in [4.78, 5) is 43.3. The lowest BCUT2D eigenvalue weighted by atomic mass is 10.0. The predicted octanol–water partition coefficient (Wildman–Crippen LogP) is 7.55. The Balaban J connectivity index is 1.16. The summed E-state index contributed by atoms with van der Waals surface area (Å²) < 4.78 is 12.4. The van der Waals surface area contributed by atoms with E-state index in [0.717, 1.165) is 27.8 Å². The average Bonchev–Trinajstić information content (AvgIpc) is 3.18. The van der Waals surface area contributed by atoms with Gasteiger partial charge in [0.05, 0.1) is 5.56 Å². The Morgan fingerprint density at radius 3 is 1.62 bits per heavy atom. The Kier molecular flexibility index (Phi) is 10.2. The minimum absolute atomic E-state index is 0.220. The number of amides is 1. The van der Waals surface area contributed by atoms with Crippen LogP contribution in [0.15, 0.2) is 162 Å². The zero-order chi connectivity index (χ0) is 34.5. The number of esters is 2. The standard InChI is InChI=1S/C41H34N2O5S2/c42-34-38(44)43-35(41(46)48-37(29-19-9-3-10-20-29)30-21-11-4-12-22-30)31(26-50-39(34)43)25-49-33-24-14-13-23-32(33)40(45)47-36(27-15-5-1-6-16-27)28-17-7-2-8-18-28/h1-24,34,36-37,39H,25-26,42H2/t34?,39-/m0/s1. The smallest absolute Gasteiger partial charge is 0.356 e. The van der Waals surface area contributed by atoms with Crippen LogP contribution in [0, 0.1) is 0 Å². The van der Waals surface area contributed by atoms with E-state index in [9.17, 15) is 14.4 Å². The first kappa shape index (κ1) is 33.4. The number of nitrogens with two attached hydrogens (primary N) is 1. The lowest BCUT2D eigenvalue weighted by molar-refractivity contribution is -0.153. The highest BCUT2D eigenvalue weighted by atomic mass is 32.2. The molecule has 2 atom stereocenters. The molecule has 2 aliphatic heterocycles. The van der Waals surface area contributed by atoms with E-state index in [1.54, 1.807) is 12.1 Å². The third kappa shape index (κ3) is 6.98. The second-order valence-electron chi connectivity index (χ2n) is 11.9. The summed E-state index contributed by atoms with van der Waals surface area (Å²) in [5.74, 6) is -0.544. The van der Waals surface area contributed by atoms with Crippen LogP contribution in [-0.2, 0) is 19.1 Å². The molecule has 1 fully saturated rings. The van der Waals surface area contributed by atoms with Gasteiger partial charge in [-0.05, 0) is 40.0 Å². The van der Waals surface area contributed by atoms with Crippen molar-refractivity contribution in [2.75, 3.05) is 11.5 Å². The molecule has 7 rings (SSSR count). The van der Waals surface area contributed by atoms with Crippen molar-refractivity contribution >= 4 is 41.4 Å². The number of fused-ring (bicyclic) bond motifs is 1. The number of benzene rings is 5. The summed E-state index contributed by atoms with van der Waals surface area (Å²) in [7, 11) is 0. The largest absolute Gasteiger partial charge is 0.449 e. The molecule has 9 heteroatoms. The third-order valence-electron chi connectivity index (χ3n) is 8.65. The van der Waals surface area contributed by atoms with Crippen LogP contribution >= 0.6 is 23.5 Å². The Morgan fingerprint density at radius 1 is 0.680 bits per heavy atom. The summed E-state index contributed by atoms with van der Waals surface area (Å²) in [6.07, 6.45) is -1.27. The number of hydrogen-bond acceptors (Lipinski definition) is 8. The summed E-state index contributed by atoms with van der Waals surface area (Å²) in [5, 5.41) is -0.346. The van der Waals surface area contributed by atoms with E-state index in [-0.39, 0.29) is 17.0 Å². The number of hydrogen-bond donors (Lipinski definition) is 1. The zero-order valence-electron chi connectivity index (χ0n) is 27.0. The van der Waals surface area contributed by atoms with E-state index in [0.29, 0.717) is 22.0 Å². The maximum Gasteiger partial charge on any atom is 0.356 e. The SMILES string of the molecule is NC1C(=O)N2C(C(=O)OC(c3ccccc3)c3ccccc3)=C(CSc3ccccc3C(=O)OC(c3ccccc3)c3ccccc3)CS[C@@H]12. The van der Waals surface area contributed by atoms with Gasteiger partial charge in [0, 0.05) is 16.4 Å². The van der Waals surface area contributed by atoms with Crippen molar-refractivity contribution < 1.29 is 23.9 Å². The van der Waals surface area contributed by atoms with Crippen LogP contribution in [0.1, 0.15) is 44.8 Å². The number of ether oxygens (including phenoxy) is 2. The van der Waals surface area contributed by atoms with Crippen LogP contribution in [0.5, 0.6) is 0 Å². The Hall–Kier alpha value is -5.09. The molecule has 5 aromatic carbocycles. The number of thioether (sulfide) groups is 2. The number of carbonyl (C=O) groups excluding carboxylic acids is 3. The van der Waals surface area contributed by atoms with Gasteiger partial charge in [-0.25, -0.2) is 9.59 Å². The van der Waals surface area contributed by atoms with Crippen LogP contribution < -0.4 is 5.73 Å². The fourth-order valence-corrected chi connectivity index (χ4v) is 8.58.